The summed E-state index contributed by atoms with van der Waals surface area (Å²) in [7, 11) is 0. The van der Waals surface area contributed by atoms with E-state index in [0.717, 1.165) is 36.0 Å². The standard InChI is InChI=1S/C15H10Br2ClN3/c1-7-4-8(2-3-12(7)18)15-20-13-10(14(19)21-15)5-9(16)6-11(13)17/h2-6H,1H3,(H2,19,20,21). The summed E-state index contributed by atoms with van der Waals surface area (Å²) in [6.45, 7) is 1.95. The maximum atomic E-state index is 6.08. The third kappa shape index (κ3) is 2.78. The van der Waals surface area contributed by atoms with Gasteiger partial charge in [-0.3, -0.25) is 0 Å². The highest BCUT2D eigenvalue weighted by Gasteiger charge is 2.11. The number of aromatic nitrogens is 2. The number of benzene rings is 2. The van der Waals surface area contributed by atoms with Crippen LogP contribution in [0.1, 0.15) is 5.56 Å². The molecule has 0 radical (unpaired) electrons. The molecular formula is C15H10Br2ClN3. The van der Waals surface area contributed by atoms with Crippen LogP contribution in [-0.2, 0) is 0 Å². The molecule has 1 heterocycles. The fourth-order valence-corrected chi connectivity index (χ4v) is 3.52. The summed E-state index contributed by atoms with van der Waals surface area (Å²) in [5.41, 5.74) is 8.73. The van der Waals surface area contributed by atoms with Crippen molar-refractivity contribution in [1.82, 2.24) is 9.97 Å². The first kappa shape index (κ1) is 14.8. The van der Waals surface area contributed by atoms with Gasteiger partial charge in [-0.1, -0.05) is 27.5 Å². The maximum Gasteiger partial charge on any atom is 0.162 e. The predicted octanol–water partition coefficient (Wildman–Crippen LogP) is 5.37. The number of anilines is 1. The number of rotatable bonds is 1. The molecule has 0 spiro atoms. The highest BCUT2D eigenvalue weighted by atomic mass is 79.9. The number of hydrogen-bond acceptors (Lipinski definition) is 3. The fraction of sp³-hybridized carbons (Fsp3) is 0.0667. The number of hydrogen-bond donors (Lipinski definition) is 1. The zero-order chi connectivity index (χ0) is 15.1. The Hall–Kier alpha value is -1.17. The van der Waals surface area contributed by atoms with Crippen molar-refractivity contribution in [2.75, 3.05) is 5.73 Å². The topological polar surface area (TPSA) is 51.8 Å². The zero-order valence-electron chi connectivity index (χ0n) is 11.0. The molecule has 2 N–H and O–H groups in total. The molecule has 3 rings (SSSR count). The molecule has 0 aliphatic rings. The molecule has 0 saturated carbocycles. The minimum absolute atomic E-state index is 0.449. The molecular weight excluding hydrogens is 417 g/mol. The van der Waals surface area contributed by atoms with Crippen LogP contribution >= 0.6 is 43.5 Å². The summed E-state index contributed by atoms with van der Waals surface area (Å²) < 4.78 is 1.79. The highest BCUT2D eigenvalue weighted by Crippen LogP contribution is 2.32. The lowest BCUT2D eigenvalue weighted by Gasteiger charge is -2.08. The Labute approximate surface area is 143 Å². The lowest BCUT2D eigenvalue weighted by atomic mass is 10.1. The Morgan fingerprint density at radius 3 is 2.57 bits per heavy atom. The summed E-state index contributed by atoms with van der Waals surface area (Å²) >= 11 is 13.0. The maximum absolute atomic E-state index is 6.08. The van der Waals surface area contributed by atoms with Gasteiger partial charge in [0.25, 0.3) is 0 Å². The van der Waals surface area contributed by atoms with Gasteiger partial charge in [0.2, 0.25) is 0 Å². The van der Waals surface area contributed by atoms with Crippen molar-refractivity contribution in [3.63, 3.8) is 0 Å². The van der Waals surface area contributed by atoms with Crippen molar-refractivity contribution < 1.29 is 0 Å². The molecule has 3 aromatic rings. The first-order valence-electron chi connectivity index (χ1n) is 6.14. The van der Waals surface area contributed by atoms with Gasteiger partial charge in [0, 0.05) is 24.9 Å². The van der Waals surface area contributed by atoms with Crippen LogP contribution in [0.4, 0.5) is 5.82 Å². The molecule has 0 bridgehead atoms. The quantitative estimate of drug-likeness (QED) is 0.568. The summed E-state index contributed by atoms with van der Waals surface area (Å²) in [6, 6.07) is 9.53. The van der Waals surface area contributed by atoms with E-state index in [4.69, 9.17) is 17.3 Å². The van der Waals surface area contributed by atoms with Crippen LogP contribution in [0.15, 0.2) is 39.3 Å². The van der Waals surface area contributed by atoms with Crippen LogP contribution in [0, 0.1) is 6.92 Å². The van der Waals surface area contributed by atoms with Crippen molar-refractivity contribution in [2.24, 2.45) is 0 Å². The smallest absolute Gasteiger partial charge is 0.162 e. The minimum Gasteiger partial charge on any atom is -0.383 e. The van der Waals surface area contributed by atoms with Crippen molar-refractivity contribution >= 4 is 60.2 Å². The average Bonchev–Trinajstić information content (AvgIpc) is 2.43. The van der Waals surface area contributed by atoms with Gasteiger partial charge in [-0.05, 0) is 58.7 Å². The molecule has 0 amide bonds. The van der Waals surface area contributed by atoms with Crippen molar-refractivity contribution in [3.8, 4) is 11.4 Å². The normalized spacial score (nSPS) is 11.0. The van der Waals surface area contributed by atoms with Crippen LogP contribution in [0.3, 0.4) is 0 Å². The van der Waals surface area contributed by atoms with Crippen LogP contribution in [0.25, 0.3) is 22.3 Å². The average molecular weight is 428 g/mol. The fourth-order valence-electron chi connectivity index (χ4n) is 2.09. The lowest BCUT2D eigenvalue weighted by Crippen LogP contribution is -1.98. The molecule has 0 saturated heterocycles. The molecule has 0 atom stereocenters. The highest BCUT2D eigenvalue weighted by molar-refractivity contribution is 9.11. The number of nitrogens with zero attached hydrogens (tertiary/aromatic N) is 2. The molecule has 2 aromatic carbocycles. The van der Waals surface area contributed by atoms with Gasteiger partial charge in [-0.15, -0.1) is 0 Å². The van der Waals surface area contributed by atoms with Crippen LogP contribution in [-0.4, -0.2) is 9.97 Å². The van der Waals surface area contributed by atoms with Gasteiger partial charge in [0.15, 0.2) is 5.82 Å². The van der Waals surface area contributed by atoms with Gasteiger partial charge in [-0.2, -0.15) is 0 Å². The van der Waals surface area contributed by atoms with E-state index in [9.17, 15) is 0 Å². The summed E-state index contributed by atoms with van der Waals surface area (Å²) in [6.07, 6.45) is 0. The Balaban J connectivity index is 2.27. The van der Waals surface area contributed by atoms with Gasteiger partial charge in [0.05, 0.1) is 5.52 Å². The molecule has 0 aliphatic heterocycles. The Bertz CT molecular complexity index is 865. The summed E-state index contributed by atoms with van der Waals surface area (Å²) in [5.74, 6) is 1.03. The third-order valence-corrected chi connectivity index (χ3v) is 4.65. The van der Waals surface area contributed by atoms with E-state index in [-0.39, 0.29) is 0 Å². The first-order valence-corrected chi connectivity index (χ1v) is 8.11. The molecule has 0 fully saturated rings. The van der Waals surface area contributed by atoms with Crippen LogP contribution in [0.5, 0.6) is 0 Å². The van der Waals surface area contributed by atoms with Gasteiger partial charge >= 0.3 is 0 Å². The van der Waals surface area contributed by atoms with E-state index in [1.165, 1.54) is 0 Å². The van der Waals surface area contributed by atoms with Crippen molar-refractivity contribution in [3.05, 3.63) is 49.9 Å². The number of nitrogens with two attached hydrogens (primary N) is 1. The number of halogens is 3. The van der Waals surface area contributed by atoms with E-state index in [1.807, 2.05) is 37.3 Å². The Morgan fingerprint density at radius 1 is 1.10 bits per heavy atom. The van der Waals surface area contributed by atoms with Gasteiger partial charge in [-0.25, -0.2) is 9.97 Å². The minimum atomic E-state index is 0.449. The van der Waals surface area contributed by atoms with Gasteiger partial charge < -0.3 is 5.73 Å². The molecule has 6 heteroatoms. The largest absolute Gasteiger partial charge is 0.383 e. The predicted molar refractivity (Wildman–Crippen MR) is 94.5 cm³/mol. The monoisotopic (exact) mass is 425 g/mol. The number of fused-ring (bicyclic) bond motifs is 1. The second-order valence-electron chi connectivity index (χ2n) is 4.68. The lowest BCUT2D eigenvalue weighted by molar-refractivity contribution is 1.22. The van der Waals surface area contributed by atoms with Gasteiger partial charge in [0.1, 0.15) is 5.82 Å². The molecule has 1 aromatic heterocycles. The summed E-state index contributed by atoms with van der Waals surface area (Å²) in [4.78, 5) is 9.02. The number of nitrogen functional groups attached to an aromatic ring is 1. The van der Waals surface area contributed by atoms with E-state index in [0.29, 0.717) is 11.6 Å². The van der Waals surface area contributed by atoms with Crippen LogP contribution in [0.2, 0.25) is 5.02 Å². The zero-order valence-corrected chi connectivity index (χ0v) is 14.9. The molecule has 0 aliphatic carbocycles. The Morgan fingerprint density at radius 2 is 1.86 bits per heavy atom. The third-order valence-electron chi connectivity index (χ3n) is 3.16. The first-order chi connectivity index (χ1) is 9.95. The number of aryl methyl sites for hydroxylation is 1. The molecule has 0 unspecified atom stereocenters. The molecule has 3 nitrogen and oxygen atoms in total. The molecule has 106 valence electrons. The molecule has 21 heavy (non-hydrogen) atoms. The summed E-state index contributed by atoms with van der Waals surface area (Å²) in [5, 5.41) is 1.53. The van der Waals surface area contributed by atoms with E-state index >= 15 is 0 Å². The second kappa shape index (κ2) is 5.55. The Kier molecular flexibility index (Phi) is 3.90. The SMILES string of the molecule is Cc1cc(-c2nc(N)c3cc(Br)cc(Br)c3n2)ccc1Cl. The van der Waals surface area contributed by atoms with E-state index in [1.54, 1.807) is 0 Å². The second-order valence-corrected chi connectivity index (χ2v) is 6.86. The van der Waals surface area contributed by atoms with E-state index in [2.05, 4.69) is 41.8 Å². The van der Waals surface area contributed by atoms with E-state index < -0.39 is 0 Å². The van der Waals surface area contributed by atoms with Crippen molar-refractivity contribution in [1.29, 1.82) is 0 Å². The van der Waals surface area contributed by atoms with Crippen LogP contribution < -0.4 is 5.73 Å². The van der Waals surface area contributed by atoms with Crippen molar-refractivity contribution in [2.45, 2.75) is 6.92 Å².